The number of aryl methyl sites for hydroxylation is 1. The number of pyridine rings is 1. The van der Waals surface area contributed by atoms with E-state index in [-0.39, 0.29) is 0 Å². The van der Waals surface area contributed by atoms with E-state index in [0.29, 0.717) is 0 Å². The third-order valence-electron chi connectivity index (χ3n) is 2.28. The molecule has 1 heterocycles. The molecule has 17 heavy (non-hydrogen) atoms. The van der Waals surface area contributed by atoms with Crippen molar-refractivity contribution in [2.24, 2.45) is 4.99 Å². The van der Waals surface area contributed by atoms with E-state index in [1.807, 2.05) is 18.3 Å². The summed E-state index contributed by atoms with van der Waals surface area (Å²) < 4.78 is 0. The Bertz CT molecular complexity index is 313. The second-order valence-corrected chi connectivity index (χ2v) is 3.72. The molecule has 0 atom stereocenters. The average molecular weight is 234 g/mol. The van der Waals surface area contributed by atoms with Gasteiger partial charge < -0.3 is 10.6 Å². The zero-order valence-electron chi connectivity index (χ0n) is 10.7. The molecule has 1 rings (SSSR count). The van der Waals surface area contributed by atoms with Gasteiger partial charge in [0.25, 0.3) is 0 Å². The van der Waals surface area contributed by atoms with Crippen LogP contribution in [0.4, 0.5) is 0 Å². The lowest BCUT2D eigenvalue weighted by Crippen LogP contribution is -2.37. The van der Waals surface area contributed by atoms with Crippen molar-refractivity contribution in [1.82, 2.24) is 15.6 Å². The highest BCUT2D eigenvalue weighted by atomic mass is 15.2. The van der Waals surface area contributed by atoms with Gasteiger partial charge in [-0.2, -0.15) is 0 Å². The molecule has 1 aromatic rings. The number of hydrogen-bond donors (Lipinski definition) is 2. The fourth-order valence-electron chi connectivity index (χ4n) is 1.51. The lowest BCUT2D eigenvalue weighted by atomic mass is 10.2. The van der Waals surface area contributed by atoms with Crippen LogP contribution in [0, 0.1) is 0 Å². The molecule has 0 saturated carbocycles. The minimum Gasteiger partial charge on any atom is -0.357 e. The molecule has 0 radical (unpaired) electrons. The molecule has 0 aromatic carbocycles. The zero-order chi connectivity index (χ0) is 12.3. The van der Waals surface area contributed by atoms with Gasteiger partial charge in [0.2, 0.25) is 0 Å². The molecule has 94 valence electrons. The minimum absolute atomic E-state index is 0.825. The standard InChI is InChI=1S/C13H22N4/c1-3-14-13(15-4-2)17-11-7-9-12-8-5-6-10-16-12/h5-6,8,10H,3-4,7,9,11H2,1-2H3,(H2,14,15,17). The summed E-state index contributed by atoms with van der Waals surface area (Å²) in [4.78, 5) is 8.77. The Balaban J connectivity index is 2.27. The van der Waals surface area contributed by atoms with E-state index in [1.165, 1.54) is 0 Å². The predicted octanol–water partition coefficient (Wildman–Crippen LogP) is 1.59. The second-order valence-electron chi connectivity index (χ2n) is 3.72. The Morgan fingerprint density at radius 2 is 2.00 bits per heavy atom. The molecule has 0 unspecified atom stereocenters. The molecule has 0 spiro atoms. The summed E-state index contributed by atoms with van der Waals surface area (Å²) in [7, 11) is 0. The second kappa shape index (κ2) is 8.56. The van der Waals surface area contributed by atoms with Gasteiger partial charge in [-0.15, -0.1) is 0 Å². The molecular formula is C13H22N4. The van der Waals surface area contributed by atoms with Gasteiger partial charge in [0.15, 0.2) is 5.96 Å². The van der Waals surface area contributed by atoms with Gasteiger partial charge in [-0.3, -0.25) is 9.98 Å². The Morgan fingerprint density at radius 3 is 2.59 bits per heavy atom. The molecule has 4 nitrogen and oxygen atoms in total. The first-order valence-corrected chi connectivity index (χ1v) is 6.29. The average Bonchev–Trinajstić information content (AvgIpc) is 2.36. The van der Waals surface area contributed by atoms with E-state index in [1.54, 1.807) is 0 Å². The lowest BCUT2D eigenvalue weighted by Gasteiger charge is -2.08. The maximum atomic E-state index is 4.48. The van der Waals surface area contributed by atoms with Crippen LogP contribution in [0.15, 0.2) is 29.4 Å². The van der Waals surface area contributed by atoms with Crippen molar-refractivity contribution >= 4 is 5.96 Å². The van der Waals surface area contributed by atoms with Crippen LogP contribution in [0.3, 0.4) is 0 Å². The Morgan fingerprint density at radius 1 is 1.24 bits per heavy atom. The Labute approximate surface area is 104 Å². The number of nitrogens with zero attached hydrogens (tertiary/aromatic N) is 2. The lowest BCUT2D eigenvalue weighted by molar-refractivity contribution is 0.783. The smallest absolute Gasteiger partial charge is 0.191 e. The molecule has 0 aliphatic carbocycles. The normalized spacial score (nSPS) is 9.76. The first-order chi connectivity index (χ1) is 8.36. The molecule has 2 N–H and O–H groups in total. The van der Waals surface area contributed by atoms with Crippen molar-refractivity contribution in [2.45, 2.75) is 26.7 Å². The molecule has 0 fully saturated rings. The van der Waals surface area contributed by atoms with E-state index in [9.17, 15) is 0 Å². The Hall–Kier alpha value is -1.58. The van der Waals surface area contributed by atoms with Crippen LogP contribution in [-0.4, -0.2) is 30.6 Å². The molecule has 0 amide bonds. The fourth-order valence-corrected chi connectivity index (χ4v) is 1.51. The molecule has 0 aliphatic heterocycles. The quantitative estimate of drug-likeness (QED) is 0.446. The largest absolute Gasteiger partial charge is 0.357 e. The summed E-state index contributed by atoms with van der Waals surface area (Å²) in [5, 5.41) is 6.41. The number of aromatic nitrogens is 1. The number of rotatable bonds is 6. The maximum Gasteiger partial charge on any atom is 0.191 e. The first kappa shape index (κ1) is 13.5. The number of aliphatic imine (C=N–C) groups is 1. The number of guanidine groups is 1. The highest BCUT2D eigenvalue weighted by Gasteiger charge is 1.95. The van der Waals surface area contributed by atoms with E-state index in [4.69, 9.17) is 0 Å². The highest BCUT2D eigenvalue weighted by Crippen LogP contribution is 1.98. The number of nitrogens with one attached hydrogen (secondary N) is 2. The van der Waals surface area contributed by atoms with E-state index in [0.717, 1.165) is 44.1 Å². The summed E-state index contributed by atoms with van der Waals surface area (Å²) >= 11 is 0. The number of hydrogen-bond acceptors (Lipinski definition) is 2. The van der Waals surface area contributed by atoms with E-state index < -0.39 is 0 Å². The van der Waals surface area contributed by atoms with E-state index in [2.05, 4.69) is 40.5 Å². The minimum atomic E-state index is 0.825. The van der Waals surface area contributed by atoms with Crippen LogP contribution >= 0.6 is 0 Å². The molecular weight excluding hydrogens is 212 g/mol. The van der Waals surface area contributed by atoms with Crippen LogP contribution in [0.5, 0.6) is 0 Å². The SMILES string of the molecule is CCNC(=NCCCc1ccccn1)NCC. The van der Waals surface area contributed by atoms with Crippen molar-refractivity contribution < 1.29 is 0 Å². The third kappa shape index (κ3) is 5.90. The molecule has 4 heteroatoms. The van der Waals surface area contributed by atoms with Crippen molar-refractivity contribution in [3.63, 3.8) is 0 Å². The maximum absolute atomic E-state index is 4.48. The van der Waals surface area contributed by atoms with Crippen molar-refractivity contribution in [2.75, 3.05) is 19.6 Å². The summed E-state index contributed by atoms with van der Waals surface area (Å²) in [5.41, 5.74) is 1.14. The van der Waals surface area contributed by atoms with Crippen LogP contribution in [0.25, 0.3) is 0 Å². The summed E-state index contributed by atoms with van der Waals surface area (Å²) in [6, 6.07) is 6.02. The molecule has 0 saturated heterocycles. The molecule has 1 aromatic heterocycles. The van der Waals surface area contributed by atoms with E-state index >= 15 is 0 Å². The predicted molar refractivity (Wildman–Crippen MR) is 72.2 cm³/mol. The molecule has 0 bridgehead atoms. The van der Waals surface area contributed by atoms with Crippen LogP contribution < -0.4 is 10.6 Å². The van der Waals surface area contributed by atoms with Gasteiger partial charge in [-0.05, 0) is 38.8 Å². The summed E-state index contributed by atoms with van der Waals surface area (Å²) in [6.45, 7) is 6.76. The monoisotopic (exact) mass is 234 g/mol. The third-order valence-corrected chi connectivity index (χ3v) is 2.28. The summed E-state index contributed by atoms with van der Waals surface area (Å²) in [5.74, 6) is 0.899. The van der Waals surface area contributed by atoms with Crippen LogP contribution in [0.2, 0.25) is 0 Å². The van der Waals surface area contributed by atoms with Gasteiger partial charge in [-0.25, -0.2) is 0 Å². The van der Waals surface area contributed by atoms with Gasteiger partial charge in [0.1, 0.15) is 0 Å². The van der Waals surface area contributed by atoms with Crippen LogP contribution in [0.1, 0.15) is 26.0 Å². The van der Waals surface area contributed by atoms with Crippen molar-refractivity contribution in [1.29, 1.82) is 0 Å². The summed E-state index contributed by atoms with van der Waals surface area (Å²) in [6.07, 6.45) is 3.84. The van der Waals surface area contributed by atoms with Crippen molar-refractivity contribution in [3.05, 3.63) is 30.1 Å². The highest BCUT2D eigenvalue weighted by molar-refractivity contribution is 5.79. The fraction of sp³-hybridized carbons (Fsp3) is 0.538. The molecule has 0 aliphatic rings. The first-order valence-electron chi connectivity index (χ1n) is 6.29. The zero-order valence-corrected chi connectivity index (χ0v) is 10.7. The van der Waals surface area contributed by atoms with Gasteiger partial charge >= 0.3 is 0 Å². The van der Waals surface area contributed by atoms with Crippen LogP contribution in [-0.2, 0) is 6.42 Å². The topological polar surface area (TPSA) is 49.3 Å². The van der Waals surface area contributed by atoms with Gasteiger partial charge in [0, 0.05) is 31.5 Å². The van der Waals surface area contributed by atoms with Gasteiger partial charge in [0.05, 0.1) is 0 Å². The van der Waals surface area contributed by atoms with Gasteiger partial charge in [-0.1, -0.05) is 6.07 Å². The van der Waals surface area contributed by atoms with Crippen molar-refractivity contribution in [3.8, 4) is 0 Å². The Kier molecular flexibility index (Phi) is 6.79.